The number of hydrogen-bond donors (Lipinski definition) is 1. The molecule has 0 aromatic heterocycles. The first-order valence-corrected chi connectivity index (χ1v) is 7.87. The van der Waals surface area contributed by atoms with Crippen LogP contribution in [0.4, 0.5) is 0 Å². The standard InChI is InChI=1S/C19H25N/c1-13-9-14(2)11-18(10-13)19(20)17-8-7-15-5-3-4-6-16(15)12-17/h3-8,12-14,18-19H,9-11,20H2,1-2H3. The Morgan fingerprint density at radius 2 is 1.55 bits per heavy atom. The van der Waals surface area contributed by atoms with Crippen molar-refractivity contribution in [3.63, 3.8) is 0 Å². The maximum Gasteiger partial charge on any atom is 0.0323 e. The molecule has 20 heavy (non-hydrogen) atoms. The molecule has 0 saturated heterocycles. The first kappa shape index (κ1) is 13.6. The molecule has 1 aliphatic carbocycles. The van der Waals surface area contributed by atoms with E-state index >= 15 is 0 Å². The Kier molecular flexibility index (Phi) is 3.80. The topological polar surface area (TPSA) is 26.0 Å². The van der Waals surface area contributed by atoms with Crippen LogP contribution in [0.1, 0.15) is 44.7 Å². The first-order valence-electron chi connectivity index (χ1n) is 7.87. The van der Waals surface area contributed by atoms with Crippen molar-refractivity contribution in [3.8, 4) is 0 Å². The van der Waals surface area contributed by atoms with Crippen molar-refractivity contribution in [2.24, 2.45) is 23.5 Å². The Balaban J connectivity index is 1.86. The summed E-state index contributed by atoms with van der Waals surface area (Å²) in [6.45, 7) is 4.74. The average Bonchev–Trinajstić information content (AvgIpc) is 2.45. The summed E-state index contributed by atoms with van der Waals surface area (Å²) in [5.41, 5.74) is 7.89. The van der Waals surface area contributed by atoms with Gasteiger partial charge in [-0.2, -0.15) is 0 Å². The smallest absolute Gasteiger partial charge is 0.0323 e. The fraction of sp³-hybridized carbons (Fsp3) is 0.474. The van der Waals surface area contributed by atoms with E-state index < -0.39 is 0 Å². The molecule has 0 amide bonds. The zero-order valence-corrected chi connectivity index (χ0v) is 12.5. The molecular formula is C19H25N. The van der Waals surface area contributed by atoms with Crippen molar-refractivity contribution < 1.29 is 0 Å². The second-order valence-corrected chi connectivity index (χ2v) is 6.81. The number of benzene rings is 2. The van der Waals surface area contributed by atoms with Gasteiger partial charge in [0.05, 0.1) is 0 Å². The minimum Gasteiger partial charge on any atom is -0.324 e. The van der Waals surface area contributed by atoms with Gasteiger partial charge in [0.1, 0.15) is 0 Å². The lowest BCUT2D eigenvalue weighted by Crippen LogP contribution is -2.29. The Morgan fingerprint density at radius 1 is 0.900 bits per heavy atom. The normalized spacial score (nSPS) is 28.4. The van der Waals surface area contributed by atoms with Crippen LogP contribution in [0.3, 0.4) is 0 Å². The molecule has 0 heterocycles. The van der Waals surface area contributed by atoms with E-state index in [0.29, 0.717) is 5.92 Å². The molecule has 2 aromatic rings. The number of fused-ring (bicyclic) bond motifs is 1. The zero-order chi connectivity index (χ0) is 14.1. The Hall–Kier alpha value is -1.34. The molecule has 2 N–H and O–H groups in total. The van der Waals surface area contributed by atoms with Crippen LogP contribution in [-0.2, 0) is 0 Å². The third-order valence-electron chi connectivity index (χ3n) is 4.88. The highest BCUT2D eigenvalue weighted by Crippen LogP contribution is 2.39. The molecule has 1 fully saturated rings. The summed E-state index contributed by atoms with van der Waals surface area (Å²) in [7, 11) is 0. The van der Waals surface area contributed by atoms with Gasteiger partial charge in [-0.15, -0.1) is 0 Å². The first-order chi connectivity index (χ1) is 9.63. The largest absolute Gasteiger partial charge is 0.324 e. The van der Waals surface area contributed by atoms with Gasteiger partial charge in [0, 0.05) is 6.04 Å². The van der Waals surface area contributed by atoms with Crippen molar-refractivity contribution in [3.05, 3.63) is 48.0 Å². The predicted molar refractivity (Wildman–Crippen MR) is 86.5 cm³/mol. The summed E-state index contributed by atoms with van der Waals surface area (Å²) in [6.07, 6.45) is 3.91. The highest BCUT2D eigenvalue weighted by atomic mass is 14.7. The van der Waals surface area contributed by atoms with Gasteiger partial charge in [-0.1, -0.05) is 50.2 Å². The van der Waals surface area contributed by atoms with Crippen LogP contribution in [0, 0.1) is 17.8 Å². The van der Waals surface area contributed by atoms with Crippen LogP contribution >= 0.6 is 0 Å². The van der Waals surface area contributed by atoms with Gasteiger partial charge in [-0.25, -0.2) is 0 Å². The van der Waals surface area contributed by atoms with Crippen LogP contribution < -0.4 is 5.73 Å². The molecular weight excluding hydrogens is 242 g/mol. The molecule has 0 aliphatic heterocycles. The van der Waals surface area contributed by atoms with Gasteiger partial charge in [0.15, 0.2) is 0 Å². The molecule has 1 nitrogen and oxygen atoms in total. The monoisotopic (exact) mass is 267 g/mol. The molecule has 0 spiro atoms. The van der Waals surface area contributed by atoms with E-state index in [4.69, 9.17) is 5.73 Å². The molecule has 3 atom stereocenters. The minimum atomic E-state index is 0.185. The Labute approximate surface area is 122 Å². The lowest BCUT2D eigenvalue weighted by molar-refractivity contribution is 0.193. The summed E-state index contributed by atoms with van der Waals surface area (Å²) in [6, 6.07) is 15.4. The molecule has 1 aliphatic rings. The number of nitrogens with two attached hydrogens (primary N) is 1. The maximum absolute atomic E-state index is 6.59. The van der Waals surface area contributed by atoms with Crippen LogP contribution in [-0.4, -0.2) is 0 Å². The molecule has 2 aromatic carbocycles. The SMILES string of the molecule is CC1CC(C)CC(C(N)c2ccc3ccccc3c2)C1. The average molecular weight is 267 g/mol. The zero-order valence-electron chi connectivity index (χ0n) is 12.5. The second-order valence-electron chi connectivity index (χ2n) is 6.81. The Morgan fingerprint density at radius 3 is 2.25 bits per heavy atom. The minimum absolute atomic E-state index is 0.185. The van der Waals surface area contributed by atoms with Gasteiger partial charge in [0.25, 0.3) is 0 Å². The number of hydrogen-bond acceptors (Lipinski definition) is 1. The summed E-state index contributed by atoms with van der Waals surface area (Å²) >= 11 is 0. The third-order valence-corrected chi connectivity index (χ3v) is 4.88. The van der Waals surface area contributed by atoms with Crippen LogP contribution in [0.5, 0.6) is 0 Å². The number of rotatable bonds is 2. The highest BCUT2D eigenvalue weighted by molar-refractivity contribution is 5.83. The lowest BCUT2D eigenvalue weighted by Gasteiger charge is -2.35. The van der Waals surface area contributed by atoms with E-state index in [-0.39, 0.29) is 6.04 Å². The summed E-state index contributed by atoms with van der Waals surface area (Å²) in [4.78, 5) is 0. The highest BCUT2D eigenvalue weighted by Gasteiger charge is 2.28. The fourth-order valence-electron chi connectivity index (χ4n) is 3.99. The maximum atomic E-state index is 6.59. The van der Waals surface area contributed by atoms with Crippen LogP contribution in [0.15, 0.2) is 42.5 Å². The molecule has 1 saturated carbocycles. The predicted octanol–water partition coefficient (Wildman–Crippen LogP) is 4.91. The van der Waals surface area contributed by atoms with Gasteiger partial charge in [0.2, 0.25) is 0 Å². The lowest BCUT2D eigenvalue weighted by atomic mass is 9.72. The molecule has 1 heteroatoms. The van der Waals surface area contributed by atoms with Crippen LogP contribution in [0.25, 0.3) is 10.8 Å². The van der Waals surface area contributed by atoms with Gasteiger partial charge in [-0.05, 0) is 59.4 Å². The molecule has 3 rings (SSSR count). The van der Waals surface area contributed by atoms with Crippen molar-refractivity contribution in [1.29, 1.82) is 0 Å². The Bertz CT molecular complexity index is 579. The van der Waals surface area contributed by atoms with E-state index in [0.717, 1.165) is 11.8 Å². The van der Waals surface area contributed by atoms with E-state index in [2.05, 4.69) is 56.3 Å². The quantitative estimate of drug-likeness (QED) is 0.821. The van der Waals surface area contributed by atoms with Gasteiger partial charge < -0.3 is 5.73 Å². The van der Waals surface area contributed by atoms with E-state index in [1.807, 2.05) is 0 Å². The van der Waals surface area contributed by atoms with Crippen molar-refractivity contribution in [2.75, 3.05) is 0 Å². The van der Waals surface area contributed by atoms with E-state index in [1.54, 1.807) is 0 Å². The third kappa shape index (κ3) is 2.73. The van der Waals surface area contributed by atoms with Crippen molar-refractivity contribution in [1.82, 2.24) is 0 Å². The van der Waals surface area contributed by atoms with Crippen LogP contribution in [0.2, 0.25) is 0 Å². The fourth-order valence-corrected chi connectivity index (χ4v) is 3.99. The van der Waals surface area contributed by atoms with Gasteiger partial charge >= 0.3 is 0 Å². The summed E-state index contributed by atoms with van der Waals surface area (Å²) in [5.74, 6) is 2.26. The van der Waals surface area contributed by atoms with E-state index in [1.165, 1.54) is 35.6 Å². The summed E-state index contributed by atoms with van der Waals surface area (Å²) < 4.78 is 0. The summed E-state index contributed by atoms with van der Waals surface area (Å²) in [5, 5.41) is 2.60. The molecule has 3 unspecified atom stereocenters. The van der Waals surface area contributed by atoms with E-state index in [9.17, 15) is 0 Å². The van der Waals surface area contributed by atoms with Gasteiger partial charge in [-0.3, -0.25) is 0 Å². The molecule has 0 radical (unpaired) electrons. The van der Waals surface area contributed by atoms with Crippen molar-refractivity contribution >= 4 is 10.8 Å². The second kappa shape index (κ2) is 5.57. The molecule has 0 bridgehead atoms. The van der Waals surface area contributed by atoms with Crippen molar-refractivity contribution in [2.45, 2.75) is 39.2 Å². The molecule has 106 valence electrons.